The highest BCUT2D eigenvalue weighted by molar-refractivity contribution is 6.15. The van der Waals surface area contributed by atoms with Gasteiger partial charge in [0.2, 0.25) is 5.78 Å². The summed E-state index contributed by atoms with van der Waals surface area (Å²) in [6.45, 7) is 2.88. The summed E-state index contributed by atoms with van der Waals surface area (Å²) in [6.07, 6.45) is 7.60. The molecule has 0 N–H and O–H groups in total. The maximum Gasteiger partial charge on any atom is 0.231 e. The largest absolute Gasteiger partial charge is 0.478 e. The van der Waals surface area contributed by atoms with Crippen molar-refractivity contribution in [2.45, 2.75) is 25.5 Å². The molecule has 6 heteroatoms. The fourth-order valence-corrected chi connectivity index (χ4v) is 3.81. The van der Waals surface area contributed by atoms with Gasteiger partial charge in [-0.2, -0.15) is 0 Å². The summed E-state index contributed by atoms with van der Waals surface area (Å²) >= 11 is 0. The van der Waals surface area contributed by atoms with Crippen LogP contribution in [0.15, 0.2) is 42.4 Å². The Kier molecular flexibility index (Phi) is 4.14. The van der Waals surface area contributed by atoms with Crippen LogP contribution in [0.3, 0.4) is 0 Å². The predicted molar refractivity (Wildman–Crippen MR) is 98.5 cm³/mol. The second-order valence-electron chi connectivity index (χ2n) is 7.07. The Balaban J connectivity index is 1.42. The number of hydrogen-bond acceptors (Lipinski definition) is 6. The van der Waals surface area contributed by atoms with Gasteiger partial charge in [0.05, 0.1) is 17.2 Å². The van der Waals surface area contributed by atoms with Crippen LogP contribution in [0.1, 0.15) is 34.3 Å². The van der Waals surface area contributed by atoms with E-state index in [1.165, 1.54) is 0 Å². The van der Waals surface area contributed by atoms with E-state index in [-0.39, 0.29) is 11.9 Å². The first-order valence-electron chi connectivity index (χ1n) is 9.25. The summed E-state index contributed by atoms with van der Waals surface area (Å²) in [6, 6.07) is 7.38. The third kappa shape index (κ3) is 3.11. The summed E-state index contributed by atoms with van der Waals surface area (Å²) in [5.41, 5.74) is 2.35. The molecule has 0 aliphatic carbocycles. The number of ether oxygens (including phenoxy) is 3. The first-order valence-corrected chi connectivity index (χ1v) is 9.25. The van der Waals surface area contributed by atoms with Gasteiger partial charge >= 0.3 is 0 Å². The van der Waals surface area contributed by atoms with Crippen molar-refractivity contribution < 1.29 is 19.0 Å². The number of allylic oxidation sites excluding steroid dienone is 1. The SMILES string of the molecule is O=C1/C(=C/c2cccnc2)Oc2c1ccc1c2CN(C[C@@H]2CCCO2)CO1. The van der Waals surface area contributed by atoms with Crippen molar-refractivity contribution in [3.63, 3.8) is 0 Å². The summed E-state index contributed by atoms with van der Waals surface area (Å²) in [7, 11) is 0. The molecule has 2 aromatic rings. The number of rotatable bonds is 3. The van der Waals surface area contributed by atoms with E-state index in [1.807, 2.05) is 18.2 Å². The van der Waals surface area contributed by atoms with Crippen LogP contribution in [0.25, 0.3) is 6.08 Å². The normalized spacial score (nSPS) is 23.0. The third-order valence-corrected chi connectivity index (χ3v) is 5.15. The molecule has 0 spiro atoms. The number of hydrogen-bond donors (Lipinski definition) is 0. The van der Waals surface area contributed by atoms with Crippen molar-refractivity contribution in [2.24, 2.45) is 0 Å². The molecule has 0 saturated carbocycles. The summed E-state index contributed by atoms with van der Waals surface area (Å²) in [5.74, 6) is 1.62. The number of aromatic nitrogens is 1. The summed E-state index contributed by atoms with van der Waals surface area (Å²) in [4.78, 5) is 19.0. The Morgan fingerprint density at radius 1 is 1.30 bits per heavy atom. The fourth-order valence-electron chi connectivity index (χ4n) is 3.81. The smallest absolute Gasteiger partial charge is 0.231 e. The van der Waals surface area contributed by atoms with E-state index in [2.05, 4.69) is 9.88 Å². The van der Waals surface area contributed by atoms with Gasteiger partial charge in [0.15, 0.2) is 5.76 Å². The number of benzene rings is 1. The zero-order valence-electron chi connectivity index (χ0n) is 14.9. The highest BCUT2D eigenvalue weighted by atomic mass is 16.5. The monoisotopic (exact) mass is 364 g/mol. The van der Waals surface area contributed by atoms with Crippen LogP contribution in [0.2, 0.25) is 0 Å². The molecule has 0 unspecified atom stereocenters. The third-order valence-electron chi connectivity index (χ3n) is 5.15. The van der Waals surface area contributed by atoms with Crippen molar-refractivity contribution in [3.05, 3.63) is 59.1 Å². The van der Waals surface area contributed by atoms with Gasteiger partial charge < -0.3 is 14.2 Å². The number of pyridine rings is 1. The number of nitrogens with zero attached hydrogens (tertiary/aromatic N) is 2. The quantitative estimate of drug-likeness (QED) is 0.781. The summed E-state index contributed by atoms with van der Waals surface area (Å²) < 4.78 is 17.6. The van der Waals surface area contributed by atoms with E-state index < -0.39 is 0 Å². The lowest BCUT2D eigenvalue weighted by molar-refractivity contribution is 0.0274. The van der Waals surface area contributed by atoms with Crippen molar-refractivity contribution in [1.29, 1.82) is 0 Å². The molecule has 1 aromatic carbocycles. The van der Waals surface area contributed by atoms with Gasteiger partial charge in [0, 0.05) is 32.1 Å². The lowest BCUT2D eigenvalue weighted by Gasteiger charge is -2.31. The minimum Gasteiger partial charge on any atom is -0.478 e. The molecule has 5 rings (SSSR count). The molecule has 0 radical (unpaired) electrons. The van der Waals surface area contributed by atoms with E-state index in [0.717, 1.165) is 42.9 Å². The second kappa shape index (κ2) is 6.79. The van der Waals surface area contributed by atoms with E-state index in [9.17, 15) is 4.79 Å². The molecular weight excluding hydrogens is 344 g/mol. The van der Waals surface area contributed by atoms with Gasteiger partial charge in [-0.15, -0.1) is 0 Å². The standard InChI is InChI=1S/C21H20N2O4/c24-20-16-5-6-18-17(12-23(13-26-18)11-15-4-2-8-25-15)21(16)27-19(20)9-14-3-1-7-22-10-14/h1,3,5-7,9-10,15H,2,4,8,11-13H2/b19-9-/t15-/m0/s1. The Hall–Kier alpha value is -2.70. The molecule has 6 nitrogen and oxygen atoms in total. The van der Waals surface area contributed by atoms with Crippen molar-refractivity contribution in [3.8, 4) is 11.5 Å². The molecule has 1 atom stereocenters. The minimum absolute atomic E-state index is 0.104. The van der Waals surface area contributed by atoms with Gasteiger partial charge in [-0.3, -0.25) is 14.7 Å². The molecule has 27 heavy (non-hydrogen) atoms. The molecule has 1 saturated heterocycles. The average molecular weight is 364 g/mol. The first-order chi connectivity index (χ1) is 13.3. The van der Waals surface area contributed by atoms with E-state index >= 15 is 0 Å². The van der Waals surface area contributed by atoms with Gasteiger partial charge in [0.25, 0.3) is 0 Å². The number of carbonyl (C=O) groups is 1. The lowest BCUT2D eigenvalue weighted by atomic mass is 10.0. The number of Topliss-reactive ketones (excluding diaryl/α,β-unsaturated/α-hetero) is 1. The van der Waals surface area contributed by atoms with Gasteiger partial charge in [-0.1, -0.05) is 6.07 Å². The van der Waals surface area contributed by atoms with E-state index in [4.69, 9.17) is 14.2 Å². The maximum atomic E-state index is 12.8. The molecule has 1 aromatic heterocycles. The predicted octanol–water partition coefficient (Wildman–Crippen LogP) is 3.03. The second-order valence-corrected chi connectivity index (χ2v) is 7.07. The molecule has 4 heterocycles. The summed E-state index contributed by atoms with van der Waals surface area (Å²) in [5, 5.41) is 0. The van der Waals surface area contributed by atoms with Crippen LogP contribution >= 0.6 is 0 Å². The average Bonchev–Trinajstić information content (AvgIpc) is 3.31. The first kappa shape index (κ1) is 16.5. The molecule has 3 aliphatic rings. The van der Waals surface area contributed by atoms with Gasteiger partial charge in [0.1, 0.15) is 18.2 Å². The van der Waals surface area contributed by atoms with Crippen molar-refractivity contribution in [1.82, 2.24) is 9.88 Å². The Labute approximate surface area is 157 Å². The van der Waals surface area contributed by atoms with Crippen LogP contribution in [0, 0.1) is 0 Å². The lowest BCUT2D eigenvalue weighted by Crippen LogP contribution is -2.37. The van der Waals surface area contributed by atoms with Crippen molar-refractivity contribution >= 4 is 11.9 Å². The Morgan fingerprint density at radius 2 is 2.26 bits per heavy atom. The molecule has 138 valence electrons. The highest BCUT2D eigenvalue weighted by Crippen LogP contribution is 2.42. The number of ketones is 1. The number of carbonyl (C=O) groups excluding carboxylic acids is 1. The topological polar surface area (TPSA) is 60.9 Å². The van der Waals surface area contributed by atoms with Crippen LogP contribution in [-0.2, 0) is 11.3 Å². The zero-order chi connectivity index (χ0) is 18.2. The van der Waals surface area contributed by atoms with E-state index in [0.29, 0.717) is 30.3 Å². The maximum absolute atomic E-state index is 12.8. The molecule has 0 amide bonds. The van der Waals surface area contributed by atoms with Crippen LogP contribution in [0.5, 0.6) is 11.5 Å². The molecule has 3 aliphatic heterocycles. The van der Waals surface area contributed by atoms with E-state index in [1.54, 1.807) is 24.5 Å². The highest BCUT2D eigenvalue weighted by Gasteiger charge is 2.34. The number of fused-ring (bicyclic) bond motifs is 3. The molecular formula is C21H20N2O4. The van der Waals surface area contributed by atoms with Crippen LogP contribution in [0.4, 0.5) is 0 Å². The minimum atomic E-state index is -0.104. The zero-order valence-corrected chi connectivity index (χ0v) is 14.9. The van der Waals surface area contributed by atoms with Gasteiger partial charge in [-0.25, -0.2) is 0 Å². The fraction of sp³-hybridized carbons (Fsp3) is 0.333. The molecule has 1 fully saturated rings. The van der Waals surface area contributed by atoms with Crippen LogP contribution in [-0.4, -0.2) is 41.7 Å². The Morgan fingerprint density at radius 3 is 3.07 bits per heavy atom. The van der Waals surface area contributed by atoms with Crippen LogP contribution < -0.4 is 9.47 Å². The molecule has 0 bridgehead atoms. The Bertz CT molecular complexity index is 904. The van der Waals surface area contributed by atoms with Crippen molar-refractivity contribution in [2.75, 3.05) is 19.9 Å². The van der Waals surface area contributed by atoms with Gasteiger partial charge in [-0.05, 0) is 42.7 Å².